The molecule has 4 nitrogen and oxygen atoms in total. The molecule has 0 amide bonds. The van der Waals surface area contributed by atoms with Gasteiger partial charge in [0.05, 0.1) is 19.6 Å². The number of likely N-dealkylation sites (tertiary alicyclic amines) is 1. The monoisotopic (exact) mass is 269 g/mol. The molecule has 19 heavy (non-hydrogen) atoms. The molecule has 0 N–H and O–H groups in total. The van der Waals surface area contributed by atoms with Gasteiger partial charge in [-0.05, 0) is 45.2 Å². The molecule has 1 aliphatic rings. The first kappa shape index (κ1) is 16.2. The van der Waals surface area contributed by atoms with Crippen molar-refractivity contribution >= 4 is 11.8 Å². The zero-order chi connectivity index (χ0) is 14.1. The smallest absolute Gasteiger partial charge is 0.306 e. The number of carbonyl (C=O) groups is 2. The Labute approximate surface area is 116 Å². The summed E-state index contributed by atoms with van der Waals surface area (Å²) in [6.45, 7) is 6.94. The number of esters is 1. The van der Waals surface area contributed by atoms with Crippen LogP contribution in [-0.2, 0) is 14.3 Å². The summed E-state index contributed by atoms with van der Waals surface area (Å²) in [4.78, 5) is 25.3. The zero-order valence-corrected chi connectivity index (χ0v) is 12.3. The first-order valence-corrected chi connectivity index (χ1v) is 7.55. The molecule has 1 fully saturated rings. The Bertz CT molecular complexity index is 291. The Kier molecular flexibility index (Phi) is 7.72. The third-order valence-corrected chi connectivity index (χ3v) is 3.83. The lowest BCUT2D eigenvalue weighted by molar-refractivity contribution is -0.144. The highest BCUT2D eigenvalue weighted by Gasteiger charge is 2.18. The molecule has 0 aromatic rings. The molecule has 0 bridgehead atoms. The number of ketones is 1. The molecule has 110 valence electrons. The van der Waals surface area contributed by atoms with E-state index in [0.717, 1.165) is 19.0 Å². The second kappa shape index (κ2) is 9.08. The summed E-state index contributed by atoms with van der Waals surface area (Å²) in [7, 11) is 0. The fourth-order valence-electron chi connectivity index (χ4n) is 2.59. The second-order valence-corrected chi connectivity index (χ2v) is 5.33. The van der Waals surface area contributed by atoms with Crippen LogP contribution in [0.15, 0.2) is 0 Å². The number of nitrogens with zero attached hydrogens (tertiary/aromatic N) is 1. The number of carbonyl (C=O) groups excluding carboxylic acids is 2. The second-order valence-electron chi connectivity index (χ2n) is 5.33. The van der Waals surface area contributed by atoms with Crippen molar-refractivity contribution in [3.63, 3.8) is 0 Å². The van der Waals surface area contributed by atoms with Gasteiger partial charge in [0.15, 0.2) is 0 Å². The van der Waals surface area contributed by atoms with Gasteiger partial charge < -0.3 is 4.74 Å². The normalized spacial score (nSPS) is 20.8. The Morgan fingerprint density at radius 1 is 1.16 bits per heavy atom. The Morgan fingerprint density at radius 3 is 2.63 bits per heavy atom. The highest BCUT2D eigenvalue weighted by molar-refractivity contribution is 5.84. The standard InChI is InChI=1S/C15H27NO3/c1-3-13-6-5-10-16(11-9-13)12-14(17)7-8-15(18)19-4-2/h13H,3-12H2,1-2H3. The van der Waals surface area contributed by atoms with Crippen molar-refractivity contribution in [1.82, 2.24) is 4.90 Å². The van der Waals surface area contributed by atoms with Crippen LogP contribution >= 0.6 is 0 Å². The van der Waals surface area contributed by atoms with Crippen molar-refractivity contribution in [2.45, 2.75) is 52.4 Å². The molecule has 0 aromatic carbocycles. The topological polar surface area (TPSA) is 46.6 Å². The van der Waals surface area contributed by atoms with Gasteiger partial charge in [0.1, 0.15) is 5.78 Å². The largest absolute Gasteiger partial charge is 0.466 e. The Balaban J connectivity index is 2.22. The maximum atomic E-state index is 11.8. The van der Waals surface area contributed by atoms with Crippen LogP contribution in [0.1, 0.15) is 52.4 Å². The lowest BCUT2D eigenvalue weighted by Gasteiger charge is -2.19. The minimum Gasteiger partial charge on any atom is -0.466 e. The van der Waals surface area contributed by atoms with Gasteiger partial charge in [-0.25, -0.2) is 0 Å². The van der Waals surface area contributed by atoms with Crippen LogP contribution in [0.25, 0.3) is 0 Å². The molecule has 1 atom stereocenters. The quantitative estimate of drug-likeness (QED) is 0.666. The number of hydrogen-bond acceptors (Lipinski definition) is 4. The Morgan fingerprint density at radius 2 is 1.95 bits per heavy atom. The molecular formula is C15H27NO3. The van der Waals surface area contributed by atoms with E-state index in [4.69, 9.17) is 4.74 Å². The average Bonchev–Trinajstić information content (AvgIpc) is 2.62. The van der Waals surface area contributed by atoms with Crippen LogP contribution in [0.3, 0.4) is 0 Å². The van der Waals surface area contributed by atoms with Crippen molar-refractivity contribution in [2.75, 3.05) is 26.2 Å². The lowest BCUT2D eigenvalue weighted by atomic mass is 9.98. The molecular weight excluding hydrogens is 242 g/mol. The molecule has 0 aliphatic carbocycles. The molecule has 0 saturated carbocycles. The summed E-state index contributed by atoms with van der Waals surface area (Å²) >= 11 is 0. The predicted octanol–water partition coefficient (Wildman–Crippen LogP) is 2.41. The fourth-order valence-corrected chi connectivity index (χ4v) is 2.59. The Hall–Kier alpha value is -0.900. The van der Waals surface area contributed by atoms with Crippen LogP contribution < -0.4 is 0 Å². The van der Waals surface area contributed by atoms with Gasteiger partial charge >= 0.3 is 5.97 Å². The van der Waals surface area contributed by atoms with Gasteiger partial charge in [-0.1, -0.05) is 13.3 Å². The maximum Gasteiger partial charge on any atom is 0.306 e. The first-order valence-electron chi connectivity index (χ1n) is 7.55. The van der Waals surface area contributed by atoms with E-state index in [2.05, 4.69) is 11.8 Å². The summed E-state index contributed by atoms with van der Waals surface area (Å²) in [6, 6.07) is 0. The van der Waals surface area contributed by atoms with Crippen molar-refractivity contribution in [3.8, 4) is 0 Å². The molecule has 0 aromatic heterocycles. The average molecular weight is 269 g/mol. The summed E-state index contributed by atoms with van der Waals surface area (Å²) < 4.78 is 4.83. The van der Waals surface area contributed by atoms with E-state index in [-0.39, 0.29) is 18.2 Å². The summed E-state index contributed by atoms with van der Waals surface area (Å²) in [5, 5.41) is 0. The number of hydrogen-bond donors (Lipinski definition) is 0. The van der Waals surface area contributed by atoms with Crippen LogP contribution in [0.4, 0.5) is 0 Å². The van der Waals surface area contributed by atoms with E-state index in [1.54, 1.807) is 6.92 Å². The van der Waals surface area contributed by atoms with E-state index < -0.39 is 0 Å². The summed E-state index contributed by atoms with van der Waals surface area (Å²) in [6.07, 6.45) is 5.44. The zero-order valence-electron chi connectivity index (χ0n) is 12.3. The van der Waals surface area contributed by atoms with Gasteiger partial charge in [-0.3, -0.25) is 14.5 Å². The molecule has 1 unspecified atom stereocenters. The third-order valence-electron chi connectivity index (χ3n) is 3.83. The van der Waals surface area contributed by atoms with Crippen LogP contribution in [0.5, 0.6) is 0 Å². The van der Waals surface area contributed by atoms with E-state index >= 15 is 0 Å². The molecule has 4 heteroatoms. The third kappa shape index (κ3) is 6.71. The number of rotatable bonds is 7. The molecule has 1 aliphatic heterocycles. The molecule has 1 rings (SSSR count). The van der Waals surface area contributed by atoms with E-state index in [0.29, 0.717) is 19.6 Å². The SMILES string of the molecule is CCOC(=O)CCC(=O)CN1CCCC(CC)CC1. The van der Waals surface area contributed by atoms with Gasteiger partial charge in [0, 0.05) is 6.42 Å². The molecule has 0 radical (unpaired) electrons. The van der Waals surface area contributed by atoms with E-state index in [1.165, 1.54) is 25.7 Å². The lowest BCUT2D eigenvalue weighted by Crippen LogP contribution is -2.31. The summed E-state index contributed by atoms with van der Waals surface area (Å²) in [5.41, 5.74) is 0. The fraction of sp³-hybridized carbons (Fsp3) is 0.867. The van der Waals surface area contributed by atoms with Gasteiger partial charge in [-0.2, -0.15) is 0 Å². The van der Waals surface area contributed by atoms with Crippen molar-refractivity contribution in [3.05, 3.63) is 0 Å². The van der Waals surface area contributed by atoms with Crippen molar-refractivity contribution < 1.29 is 14.3 Å². The van der Waals surface area contributed by atoms with Gasteiger partial charge in [-0.15, -0.1) is 0 Å². The highest BCUT2D eigenvalue weighted by atomic mass is 16.5. The van der Waals surface area contributed by atoms with Gasteiger partial charge in [0.2, 0.25) is 0 Å². The summed E-state index contributed by atoms with van der Waals surface area (Å²) in [5.74, 6) is 0.709. The molecule has 1 saturated heterocycles. The highest BCUT2D eigenvalue weighted by Crippen LogP contribution is 2.20. The van der Waals surface area contributed by atoms with Crippen LogP contribution in [0, 0.1) is 5.92 Å². The minimum absolute atomic E-state index is 0.156. The van der Waals surface area contributed by atoms with Crippen molar-refractivity contribution in [2.24, 2.45) is 5.92 Å². The molecule has 0 spiro atoms. The van der Waals surface area contributed by atoms with E-state index in [1.807, 2.05) is 0 Å². The van der Waals surface area contributed by atoms with Crippen LogP contribution in [0.2, 0.25) is 0 Å². The minimum atomic E-state index is -0.266. The molecule has 1 heterocycles. The maximum absolute atomic E-state index is 11.8. The van der Waals surface area contributed by atoms with Crippen LogP contribution in [-0.4, -0.2) is 42.9 Å². The van der Waals surface area contributed by atoms with Gasteiger partial charge in [0.25, 0.3) is 0 Å². The first-order chi connectivity index (χ1) is 9.15. The number of Topliss-reactive ketones (excluding diaryl/α,β-unsaturated/α-hetero) is 1. The van der Waals surface area contributed by atoms with E-state index in [9.17, 15) is 9.59 Å². The number of ether oxygens (including phenoxy) is 1. The van der Waals surface area contributed by atoms with Crippen molar-refractivity contribution in [1.29, 1.82) is 0 Å². The predicted molar refractivity (Wildman–Crippen MR) is 74.9 cm³/mol.